The molecule has 0 unspecified atom stereocenters. The van der Waals surface area contributed by atoms with Crippen LogP contribution >= 0.6 is 11.3 Å². The summed E-state index contributed by atoms with van der Waals surface area (Å²) >= 11 is 1.39. The van der Waals surface area contributed by atoms with Crippen LogP contribution in [0, 0.1) is 6.92 Å². The van der Waals surface area contributed by atoms with Crippen molar-refractivity contribution in [1.82, 2.24) is 9.97 Å². The first-order valence-corrected chi connectivity index (χ1v) is 5.75. The molecule has 0 radical (unpaired) electrons. The molecule has 0 aliphatic carbocycles. The molecule has 0 aliphatic rings. The summed E-state index contributed by atoms with van der Waals surface area (Å²) in [5.41, 5.74) is 1.69. The van der Waals surface area contributed by atoms with Crippen LogP contribution in [0.25, 0.3) is 10.6 Å². The highest BCUT2D eigenvalue weighted by Gasteiger charge is 2.11. The van der Waals surface area contributed by atoms with Crippen molar-refractivity contribution in [3.8, 4) is 10.6 Å². The lowest BCUT2D eigenvalue weighted by molar-refractivity contribution is 0.187. The predicted molar refractivity (Wildman–Crippen MR) is 66.1 cm³/mol. The smallest absolute Gasteiger partial charge is 0.412 e. The van der Waals surface area contributed by atoms with E-state index < -0.39 is 6.09 Å². The van der Waals surface area contributed by atoms with Gasteiger partial charge < -0.3 is 4.74 Å². The van der Waals surface area contributed by atoms with Gasteiger partial charge in [0.1, 0.15) is 10.0 Å². The molecule has 17 heavy (non-hydrogen) atoms. The number of nitrogens with one attached hydrogen (secondary N) is 1. The maximum atomic E-state index is 11.1. The molecule has 2 aromatic heterocycles. The third kappa shape index (κ3) is 2.59. The van der Waals surface area contributed by atoms with Gasteiger partial charge in [0.15, 0.2) is 0 Å². The fourth-order valence-corrected chi connectivity index (χ4v) is 2.21. The molecule has 5 nitrogen and oxygen atoms in total. The number of amides is 1. The van der Waals surface area contributed by atoms with Crippen LogP contribution in [0.2, 0.25) is 0 Å². The van der Waals surface area contributed by atoms with Crippen molar-refractivity contribution in [2.45, 2.75) is 6.92 Å². The van der Waals surface area contributed by atoms with Crippen molar-refractivity contribution < 1.29 is 9.53 Å². The van der Waals surface area contributed by atoms with Crippen LogP contribution < -0.4 is 5.32 Å². The summed E-state index contributed by atoms with van der Waals surface area (Å²) in [4.78, 5) is 19.5. The van der Waals surface area contributed by atoms with E-state index in [0.717, 1.165) is 16.3 Å². The van der Waals surface area contributed by atoms with Gasteiger partial charge in [-0.05, 0) is 19.1 Å². The van der Waals surface area contributed by atoms with Crippen LogP contribution in [0.4, 0.5) is 9.80 Å². The Morgan fingerprint density at radius 1 is 1.53 bits per heavy atom. The lowest BCUT2D eigenvalue weighted by Gasteiger charge is -1.99. The Labute approximate surface area is 102 Å². The van der Waals surface area contributed by atoms with Crippen LogP contribution in [0.3, 0.4) is 0 Å². The highest BCUT2D eigenvalue weighted by Crippen LogP contribution is 2.31. The molecule has 88 valence electrons. The second-order valence-corrected chi connectivity index (χ2v) is 4.29. The van der Waals surface area contributed by atoms with Gasteiger partial charge in [-0.25, -0.2) is 9.78 Å². The normalized spacial score (nSPS) is 10.0. The lowest BCUT2D eigenvalue weighted by Crippen LogP contribution is -2.10. The molecular weight excluding hydrogens is 238 g/mol. The highest BCUT2D eigenvalue weighted by molar-refractivity contribution is 7.19. The second-order valence-electron chi connectivity index (χ2n) is 3.29. The molecule has 0 fully saturated rings. The molecule has 1 amide bonds. The summed E-state index contributed by atoms with van der Waals surface area (Å²) in [6.07, 6.45) is 2.95. The Balaban J connectivity index is 2.28. The summed E-state index contributed by atoms with van der Waals surface area (Å²) < 4.78 is 4.54. The number of rotatable bonds is 2. The van der Waals surface area contributed by atoms with Gasteiger partial charge in [0.2, 0.25) is 0 Å². The quantitative estimate of drug-likeness (QED) is 0.888. The highest BCUT2D eigenvalue weighted by atomic mass is 32.1. The van der Waals surface area contributed by atoms with E-state index in [-0.39, 0.29) is 0 Å². The van der Waals surface area contributed by atoms with Crippen LogP contribution in [-0.4, -0.2) is 23.2 Å². The summed E-state index contributed by atoms with van der Waals surface area (Å²) in [6.45, 7) is 1.83. The average Bonchev–Trinajstić information content (AvgIpc) is 2.72. The number of carbonyl (C=O) groups is 1. The van der Waals surface area contributed by atoms with E-state index >= 15 is 0 Å². The summed E-state index contributed by atoms with van der Waals surface area (Å²) in [7, 11) is 1.33. The topological polar surface area (TPSA) is 64.1 Å². The zero-order valence-electron chi connectivity index (χ0n) is 9.43. The van der Waals surface area contributed by atoms with Gasteiger partial charge in [-0.15, -0.1) is 0 Å². The molecule has 2 heterocycles. The minimum atomic E-state index is -0.491. The zero-order valence-corrected chi connectivity index (χ0v) is 10.2. The number of hydrogen-bond acceptors (Lipinski definition) is 5. The van der Waals surface area contributed by atoms with Gasteiger partial charge in [0.05, 0.1) is 12.8 Å². The van der Waals surface area contributed by atoms with Gasteiger partial charge in [-0.3, -0.25) is 10.3 Å². The molecule has 0 saturated carbocycles. The standard InChI is InChI=1S/C11H11N3O2S/c1-7-9(14-11(15)16-2)17-10(13-7)8-4-3-5-12-6-8/h3-6H,1-2H3,(H,14,15). The number of aromatic nitrogens is 2. The minimum Gasteiger partial charge on any atom is -0.453 e. The van der Waals surface area contributed by atoms with Crippen molar-refractivity contribution in [2.75, 3.05) is 12.4 Å². The Morgan fingerprint density at radius 2 is 2.35 bits per heavy atom. The number of ether oxygens (including phenoxy) is 1. The fraction of sp³-hybridized carbons (Fsp3) is 0.182. The third-order valence-electron chi connectivity index (χ3n) is 2.11. The van der Waals surface area contributed by atoms with E-state index in [9.17, 15) is 4.79 Å². The monoisotopic (exact) mass is 249 g/mol. The number of methoxy groups -OCH3 is 1. The number of anilines is 1. The Hall–Kier alpha value is -1.95. The summed E-state index contributed by atoms with van der Waals surface area (Å²) in [5, 5.41) is 4.14. The number of pyridine rings is 1. The maximum absolute atomic E-state index is 11.1. The number of thiazole rings is 1. The van der Waals surface area contributed by atoms with Crippen molar-refractivity contribution in [3.05, 3.63) is 30.2 Å². The fourth-order valence-electron chi connectivity index (χ4n) is 1.27. The molecule has 0 atom stereocenters. The number of nitrogens with zero attached hydrogens (tertiary/aromatic N) is 2. The van der Waals surface area contributed by atoms with Crippen LogP contribution in [0.5, 0.6) is 0 Å². The number of carbonyl (C=O) groups excluding carboxylic acids is 1. The second kappa shape index (κ2) is 4.92. The lowest BCUT2D eigenvalue weighted by atomic mass is 10.3. The largest absolute Gasteiger partial charge is 0.453 e. The van der Waals surface area contributed by atoms with Gasteiger partial charge in [-0.1, -0.05) is 11.3 Å². The van der Waals surface area contributed by atoms with Crippen LogP contribution in [-0.2, 0) is 4.74 Å². The molecule has 0 bridgehead atoms. The Morgan fingerprint density at radius 3 is 3.00 bits per heavy atom. The number of aryl methyl sites for hydroxylation is 1. The molecular formula is C11H11N3O2S. The SMILES string of the molecule is COC(=O)Nc1sc(-c2cccnc2)nc1C. The maximum Gasteiger partial charge on any atom is 0.412 e. The average molecular weight is 249 g/mol. The zero-order chi connectivity index (χ0) is 12.3. The van der Waals surface area contributed by atoms with E-state index in [1.54, 1.807) is 12.4 Å². The molecule has 6 heteroatoms. The van der Waals surface area contributed by atoms with E-state index in [4.69, 9.17) is 0 Å². The Kier molecular flexibility index (Phi) is 3.34. The number of hydrogen-bond donors (Lipinski definition) is 1. The molecule has 2 aromatic rings. The summed E-state index contributed by atoms with van der Waals surface area (Å²) in [5.74, 6) is 0. The third-order valence-corrected chi connectivity index (χ3v) is 3.23. The van der Waals surface area contributed by atoms with E-state index in [1.807, 2.05) is 19.1 Å². The predicted octanol–water partition coefficient (Wildman–Crippen LogP) is 2.69. The van der Waals surface area contributed by atoms with Gasteiger partial charge >= 0.3 is 6.09 Å². The molecule has 0 aliphatic heterocycles. The Bertz CT molecular complexity index is 525. The van der Waals surface area contributed by atoms with Gasteiger partial charge in [0, 0.05) is 18.0 Å². The molecule has 0 saturated heterocycles. The van der Waals surface area contributed by atoms with E-state index in [0.29, 0.717) is 5.00 Å². The van der Waals surface area contributed by atoms with E-state index in [2.05, 4.69) is 20.0 Å². The van der Waals surface area contributed by atoms with Crippen LogP contribution in [0.1, 0.15) is 5.69 Å². The molecule has 0 spiro atoms. The first-order chi connectivity index (χ1) is 8.20. The van der Waals surface area contributed by atoms with Crippen LogP contribution in [0.15, 0.2) is 24.5 Å². The first kappa shape index (κ1) is 11.5. The van der Waals surface area contributed by atoms with E-state index in [1.165, 1.54) is 18.4 Å². The summed E-state index contributed by atoms with van der Waals surface area (Å²) in [6, 6.07) is 3.77. The first-order valence-electron chi connectivity index (χ1n) is 4.93. The molecule has 1 N–H and O–H groups in total. The molecule has 2 rings (SSSR count). The van der Waals surface area contributed by atoms with Gasteiger partial charge in [0.25, 0.3) is 0 Å². The van der Waals surface area contributed by atoms with Crippen molar-refractivity contribution in [1.29, 1.82) is 0 Å². The van der Waals surface area contributed by atoms with Gasteiger partial charge in [-0.2, -0.15) is 0 Å². The van der Waals surface area contributed by atoms with Crippen molar-refractivity contribution in [2.24, 2.45) is 0 Å². The minimum absolute atomic E-state index is 0.491. The van der Waals surface area contributed by atoms with Crippen molar-refractivity contribution >= 4 is 22.4 Å². The van der Waals surface area contributed by atoms with Crippen molar-refractivity contribution in [3.63, 3.8) is 0 Å². The molecule has 0 aromatic carbocycles.